The summed E-state index contributed by atoms with van der Waals surface area (Å²) < 4.78 is 1.84. The van der Waals surface area contributed by atoms with E-state index in [4.69, 9.17) is 11.6 Å². The zero-order valence-electron chi connectivity index (χ0n) is 18.2. The van der Waals surface area contributed by atoms with Gasteiger partial charge in [0.05, 0.1) is 23.7 Å². The number of carbonyl (C=O) groups excluding carboxylic acids is 2. The van der Waals surface area contributed by atoms with Crippen LogP contribution in [0.2, 0.25) is 5.02 Å². The van der Waals surface area contributed by atoms with Gasteiger partial charge in [-0.2, -0.15) is 0 Å². The van der Waals surface area contributed by atoms with E-state index in [1.54, 1.807) is 11.1 Å². The highest BCUT2D eigenvalue weighted by Crippen LogP contribution is 2.49. The lowest BCUT2D eigenvalue weighted by Crippen LogP contribution is -2.43. The molecular formula is C24H29ClN4O2. The Morgan fingerprint density at radius 3 is 2.71 bits per heavy atom. The molecule has 0 radical (unpaired) electrons. The molecule has 0 spiro atoms. The van der Waals surface area contributed by atoms with E-state index < -0.39 is 0 Å². The Kier molecular flexibility index (Phi) is 6.19. The Bertz CT molecular complexity index is 1010. The minimum atomic E-state index is -0.363. The van der Waals surface area contributed by atoms with Crippen LogP contribution >= 0.6 is 11.6 Å². The van der Waals surface area contributed by atoms with Crippen molar-refractivity contribution in [1.82, 2.24) is 14.5 Å². The molecule has 31 heavy (non-hydrogen) atoms. The van der Waals surface area contributed by atoms with Gasteiger partial charge >= 0.3 is 0 Å². The molecule has 1 saturated carbocycles. The second kappa shape index (κ2) is 8.87. The molecular weight excluding hydrogens is 412 g/mol. The number of benzene rings is 1. The first-order valence-corrected chi connectivity index (χ1v) is 11.3. The number of hydrogen-bond acceptors (Lipinski definition) is 3. The average Bonchev–Trinajstić information content (AvgIpc) is 3.46. The van der Waals surface area contributed by atoms with Crippen LogP contribution in [-0.2, 0) is 16.6 Å². The van der Waals surface area contributed by atoms with E-state index >= 15 is 0 Å². The molecule has 2 amide bonds. The Balaban J connectivity index is 1.53. The van der Waals surface area contributed by atoms with Gasteiger partial charge in [-0.1, -0.05) is 49.2 Å². The molecule has 2 aliphatic carbocycles. The third-order valence-electron chi connectivity index (χ3n) is 6.61. The molecule has 4 atom stereocenters. The number of halogens is 1. The molecule has 1 N–H and O–H groups in total. The number of rotatable bonds is 7. The summed E-state index contributed by atoms with van der Waals surface area (Å²) in [5.74, 6) is -0.0121. The number of imidazole rings is 1. The van der Waals surface area contributed by atoms with E-state index in [9.17, 15) is 9.59 Å². The number of anilines is 1. The Labute approximate surface area is 188 Å². The van der Waals surface area contributed by atoms with Crippen molar-refractivity contribution in [3.8, 4) is 11.3 Å². The summed E-state index contributed by atoms with van der Waals surface area (Å²) in [7, 11) is 3.71. The van der Waals surface area contributed by atoms with Crippen LogP contribution in [0.3, 0.4) is 0 Å². The number of nitrogens with one attached hydrogen (secondary N) is 1. The quantitative estimate of drug-likeness (QED) is 0.650. The molecule has 1 aromatic heterocycles. The van der Waals surface area contributed by atoms with Crippen LogP contribution in [0, 0.1) is 23.7 Å². The largest absolute Gasteiger partial charge is 0.345 e. The fraction of sp³-hybridized carbons (Fsp3) is 0.458. The number of aromatic nitrogens is 2. The van der Waals surface area contributed by atoms with Crippen molar-refractivity contribution in [3.63, 3.8) is 0 Å². The number of amides is 2. The number of fused-ring (bicyclic) bond motifs is 2. The van der Waals surface area contributed by atoms with Crippen molar-refractivity contribution in [3.05, 3.63) is 47.6 Å². The molecule has 0 saturated heterocycles. The van der Waals surface area contributed by atoms with Gasteiger partial charge in [-0.25, -0.2) is 4.98 Å². The Morgan fingerprint density at radius 1 is 1.26 bits per heavy atom. The Hall–Kier alpha value is -2.60. The van der Waals surface area contributed by atoms with Crippen molar-refractivity contribution in [1.29, 1.82) is 0 Å². The first-order chi connectivity index (χ1) is 14.9. The van der Waals surface area contributed by atoms with E-state index in [0.717, 1.165) is 37.1 Å². The highest BCUT2D eigenvalue weighted by molar-refractivity contribution is 6.30. The normalized spacial score (nSPS) is 23.9. The fourth-order valence-corrected chi connectivity index (χ4v) is 5.10. The summed E-state index contributed by atoms with van der Waals surface area (Å²) in [5, 5.41) is 3.63. The molecule has 2 aromatic rings. The predicted molar refractivity (Wildman–Crippen MR) is 123 cm³/mol. The van der Waals surface area contributed by atoms with Crippen LogP contribution in [0.5, 0.6) is 0 Å². The summed E-state index contributed by atoms with van der Waals surface area (Å²) in [5.41, 5.74) is 1.79. The minimum Gasteiger partial charge on any atom is -0.345 e. The molecule has 2 bridgehead atoms. The van der Waals surface area contributed by atoms with Crippen molar-refractivity contribution in [2.24, 2.45) is 30.7 Å². The summed E-state index contributed by atoms with van der Waals surface area (Å²) in [6, 6.07) is 7.53. The molecule has 1 heterocycles. The van der Waals surface area contributed by atoms with E-state index in [-0.39, 0.29) is 35.5 Å². The lowest BCUT2D eigenvalue weighted by atomic mass is 9.81. The van der Waals surface area contributed by atoms with Crippen LogP contribution in [0.4, 0.5) is 5.95 Å². The van der Waals surface area contributed by atoms with E-state index in [1.807, 2.05) is 42.9 Å². The molecule has 4 rings (SSSR count). The van der Waals surface area contributed by atoms with Gasteiger partial charge in [0, 0.05) is 31.2 Å². The minimum absolute atomic E-state index is 0.0740. The van der Waals surface area contributed by atoms with Crippen molar-refractivity contribution >= 4 is 29.4 Å². The second-order valence-electron chi connectivity index (χ2n) is 8.64. The van der Waals surface area contributed by atoms with Crippen LogP contribution in [0.25, 0.3) is 11.3 Å². The first kappa shape index (κ1) is 21.6. The van der Waals surface area contributed by atoms with Gasteiger partial charge in [-0.3, -0.25) is 14.9 Å². The smallest absolute Gasteiger partial charge is 0.231 e. The highest BCUT2D eigenvalue weighted by atomic mass is 35.5. The molecule has 164 valence electrons. The van der Waals surface area contributed by atoms with Crippen molar-refractivity contribution in [2.75, 3.05) is 18.9 Å². The Morgan fingerprint density at radius 2 is 2.00 bits per heavy atom. The van der Waals surface area contributed by atoms with Gasteiger partial charge in [0.15, 0.2) is 0 Å². The maximum atomic E-state index is 13.3. The van der Waals surface area contributed by atoms with E-state index in [1.165, 1.54) is 0 Å². The topological polar surface area (TPSA) is 67.2 Å². The number of carbonyl (C=O) groups is 2. The number of hydrogen-bond donors (Lipinski definition) is 1. The number of allylic oxidation sites excluding steroid dienone is 2. The number of nitrogens with zero attached hydrogens (tertiary/aromatic N) is 3. The SMILES string of the molecule is CCCCN(C)C(=O)C1C2C=CC(C2)C1C(=O)Nc1ncc(-c2cccc(Cl)c2)n1C. The summed E-state index contributed by atoms with van der Waals surface area (Å²) in [4.78, 5) is 32.7. The third-order valence-corrected chi connectivity index (χ3v) is 6.85. The maximum Gasteiger partial charge on any atom is 0.231 e. The van der Waals surface area contributed by atoms with E-state index in [0.29, 0.717) is 11.0 Å². The highest BCUT2D eigenvalue weighted by Gasteiger charge is 2.52. The molecule has 1 aromatic carbocycles. The molecule has 2 aliphatic rings. The lowest BCUT2D eigenvalue weighted by molar-refractivity contribution is -0.140. The summed E-state index contributed by atoms with van der Waals surface area (Å²) >= 11 is 6.12. The van der Waals surface area contributed by atoms with Gasteiger partial charge in [-0.05, 0) is 36.8 Å². The molecule has 1 fully saturated rings. The molecule has 4 unspecified atom stereocenters. The zero-order chi connectivity index (χ0) is 22.1. The second-order valence-corrected chi connectivity index (χ2v) is 9.08. The number of unbranched alkanes of at least 4 members (excludes halogenated alkanes) is 1. The molecule has 6 nitrogen and oxygen atoms in total. The monoisotopic (exact) mass is 440 g/mol. The van der Waals surface area contributed by atoms with Crippen LogP contribution in [0.15, 0.2) is 42.6 Å². The van der Waals surface area contributed by atoms with Crippen molar-refractivity contribution < 1.29 is 9.59 Å². The zero-order valence-corrected chi connectivity index (χ0v) is 19.0. The summed E-state index contributed by atoms with van der Waals surface area (Å²) in [6.45, 7) is 2.84. The van der Waals surface area contributed by atoms with Gasteiger partial charge in [0.1, 0.15) is 0 Å². The molecule has 7 heteroatoms. The standard InChI is InChI=1S/C24H29ClN4O2/c1-4-5-11-28(2)23(31)21-17-10-9-16(12-17)20(21)22(30)27-24-26-14-19(29(24)3)15-7-6-8-18(25)13-15/h6-10,13-14,16-17,20-21H,4-5,11-12H2,1-3H3,(H,26,27,30). The van der Waals surface area contributed by atoms with Crippen LogP contribution < -0.4 is 5.32 Å². The van der Waals surface area contributed by atoms with Gasteiger partial charge in [0.2, 0.25) is 17.8 Å². The van der Waals surface area contributed by atoms with Crippen LogP contribution in [0.1, 0.15) is 26.2 Å². The maximum absolute atomic E-state index is 13.3. The summed E-state index contributed by atoms with van der Waals surface area (Å²) in [6.07, 6.45) is 8.80. The average molecular weight is 441 g/mol. The lowest BCUT2D eigenvalue weighted by Gasteiger charge is -2.30. The fourth-order valence-electron chi connectivity index (χ4n) is 4.91. The molecule has 0 aliphatic heterocycles. The van der Waals surface area contributed by atoms with Crippen LogP contribution in [-0.4, -0.2) is 39.9 Å². The first-order valence-electron chi connectivity index (χ1n) is 10.9. The third kappa shape index (κ3) is 4.13. The van der Waals surface area contributed by atoms with Gasteiger partial charge in [-0.15, -0.1) is 0 Å². The van der Waals surface area contributed by atoms with Crippen molar-refractivity contribution in [2.45, 2.75) is 26.2 Å². The van der Waals surface area contributed by atoms with Gasteiger partial charge < -0.3 is 9.47 Å². The van der Waals surface area contributed by atoms with Gasteiger partial charge in [0.25, 0.3) is 0 Å². The predicted octanol–water partition coefficient (Wildman–Crippen LogP) is 4.38. The van der Waals surface area contributed by atoms with E-state index in [2.05, 4.69) is 29.4 Å².